The lowest BCUT2D eigenvalue weighted by atomic mass is 9.53. The number of nitrogens with one attached hydrogen (secondary N) is 1. The van der Waals surface area contributed by atoms with Crippen molar-refractivity contribution in [1.82, 2.24) is 4.90 Å². The summed E-state index contributed by atoms with van der Waals surface area (Å²) in [5.74, 6) is 3.93. The Kier molecular flexibility index (Phi) is 5.96. The predicted octanol–water partition coefficient (Wildman–Crippen LogP) is 6.26. The first-order valence-electron chi connectivity index (χ1n) is 13.5. The van der Waals surface area contributed by atoms with Crippen LogP contribution < -0.4 is 5.32 Å². The molecule has 1 heterocycles. The third kappa shape index (κ3) is 4.72. The Morgan fingerprint density at radius 1 is 1.09 bits per heavy atom. The molecule has 1 aromatic carbocycles. The monoisotopic (exact) mass is 465 g/mol. The molecule has 1 unspecified atom stereocenters. The van der Waals surface area contributed by atoms with Gasteiger partial charge in [0.2, 0.25) is 5.91 Å². The van der Waals surface area contributed by atoms with Gasteiger partial charge in [0.15, 0.2) is 5.17 Å². The van der Waals surface area contributed by atoms with Crippen molar-refractivity contribution < 1.29 is 4.79 Å². The number of hydrogen-bond donors (Lipinski definition) is 1. The lowest BCUT2D eigenvalue weighted by molar-refractivity contribution is -0.116. The number of carbonyl (C=O) groups excluding carboxylic acids is 1. The van der Waals surface area contributed by atoms with Gasteiger partial charge in [-0.25, -0.2) is 0 Å². The summed E-state index contributed by atoms with van der Waals surface area (Å²) in [4.78, 5) is 21.1. The van der Waals surface area contributed by atoms with Crippen LogP contribution in [-0.2, 0) is 11.2 Å². The number of anilines is 1. The third-order valence-electron chi connectivity index (χ3n) is 8.78. The number of amides is 1. The number of aryl methyl sites for hydroxylation is 1. The molecule has 6 fully saturated rings. The molecule has 6 aliphatic rings. The van der Waals surface area contributed by atoms with Crippen LogP contribution in [0.3, 0.4) is 0 Å². The van der Waals surface area contributed by atoms with Crippen LogP contribution in [-0.4, -0.2) is 39.4 Å². The number of rotatable bonds is 8. The SMILES string of the molecule is CCCCc1ccc(NC(=O)CC2CSC(=NC34CC5CC(CC(C5)C3)C4)N2C2CC2)cc1. The number of benzene rings is 1. The first-order valence-corrected chi connectivity index (χ1v) is 14.5. The molecular formula is C28H39N3OS. The molecule has 1 aliphatic heterocycles. The van der Waals surface area contributed by atoms with Gasteiger partial charge in [0.1, 0.15) is 0 Å². The molecule has 1 aromatic rings. The predicted molar refractivity (Wildman–Crippen MR) is 138 cm³/mol. The zero-order valence-electron chi connectivity index (χ0n) is 20.1. The summed E-state index contributed by atoms with van der Waals surface area (Å²) in [6.07, 6.45) is 15.0. The van der Waals surface area contributed by atoms with Crippen LogP contribution in [0.4, 0.5) is 5.69 Å². The Balaban J connectivity index is 1.11. The van der Waals surface area contributed by atoms with Gasteiger partial charge in [-0.3, -0.25) is 9.79 Å². The highest BCUT2D eigenvalue weighted by molar-refractivity contribution is 8.14. The Morgan fingerprint density at radius 2 is 1.76 bits per heavy atom. The average Bonchev–Trinajstić information content (AvgIpc) is 3.54. The fourth-order valence-corrected chi connectivity index (χ4v) is 8.83. The highest BCUT2D eigenvalue weighted by Crippen LogP contribution is 2.57. The average molecular weight is 466 g/mol. The second-order valence-corrected chi connectivity index (χ2v) is 12.7. The minimum absolute atomic E-state index is 0.142. The Morgan fingerprint density at radius 3 is 2.36 bits per heavy atom. The van der Waals surface area contributed by atoms with Crippen LogP contribution >= 0.6 is 11.8 Å². The highest BCUT2D eigenvalue weighted by Gasteiger charge is 2.52. The van der Waals surface area contributed by atoms with Crippen LogP contribution in [0.15, 0.2) is 29.3 Å². The highest BCUT2D eigenvalue weighted by atomic mass is 32.2. The maximum absolute atomic E-state index is 12.9. The molecule has 7 rings (SSSR count). The van der Waals surface area contributed by atoms with Crippen LogP contribution in [0.25, 0.3) is 0 Å². The van der Waals surface area contributed by atoms with Crippen LogP contribution in [0.5, 0.6) is 0 Å². The molecule has 4 bridgehead atoms. The van der Waals surface area contributed by atoms with Gasteiger partial charge in [0.05, 0.1) is 5.54 Å². The summed E-state index contributed by atoms with van der Waals surface area (Å²) in [5.41, 5.74) is 2.50. The minimum atomic E-state index is 0.142. The van der Waals surface area contributed by atoms with Crippen molar-refractivity contribution in [2.24, 2.45) is 22.7 Å². The van der Waals surface area contributed by atoms with Gasteiger partial charge in [0, 0.05) is 29.9 Å². The molecule has 0 radical (unpaired) electrons. The molecule has 4 nitrogen and oxygen atoms in total. The second kappa shape index (κ2) is 8.94. The van der Waals surface area contributed by atoms with Crippen LogP contribution in [0, 0.1) is 17.8 Å². The van der Waals surface area contributed by atoms with E-state index in [0.29, 0.717) is 18.5 Å². The number of carbonyl (C=O) groups is 1. The van der Waals surface area contributed by atoms with Crippen molar-refractivity contribution in [1.29, 1.82) is 0 Å². The molecule has 5 aliphatic carbocycles. The Hall–Kier alpha value is -1.49. The molecule has 5 heteroatoms. The number of unbranched alkanes of at least 4 members (excludes halogenated alkanes) is 1. The van der Waals surface area contributed by atoms with E-state index in [1.54, 1.807) is 0 Å². The van der Waals surface area contributed by atoms with E-state index in [9.17, 15) is 4.79 Å². The van der Waals surface area contributed by atoms with Gasteiger partial charge in [-0.05, 0) is 99.7 Å². The first-order chi connectivity index (χ1) is 16.1. The molecule has 178 valence electrons. The summed E-state index contributed by atoms with van der Waals surface area (Å²) < 4.78 is 0. The summed E-state index contributed by atoms with van der Waals surface area (Å²) in [5, 5.41) is 4.43. The van der Waals surface area contributed by atoms with E-state index in [2.05, 4.69) is 41.4 Å². The normalized spacial score (nSPS) is 36.0. The molecule has 1 atom stereocenters. The van der Waals surface area contributed by atoms with E-state index < -0.39 is 0 Å². The van der Waals surface area contributed by atoms with E-state index in [-0.39, 0.29) is 11.4 Å². The fraction of sp³-hybridized carbons (Fsp3) is 0.714. The number of hydrogen-bond acceptors (Lipinski definition) is 3. The molecule has 1 N–H and O–H groups in total. The summed E-state index contributed by atoms with van der Waals surface area (Å²) in [6.45, 7) is 2.22. The number of aliphatic imine (C=N–C) groups is 1. The second-order valence-electron chi connectivity index (χ2n) is 11.7. The largest absolute Gasteiger partial charge is 0.344 e. The zero-order chi connectivity index (χ0) is 22.4. The van der Waals surface area contributed by atoms with E-state index >= 15 is 0 Å². The molecule has 0 aromatic heterocycles. The lowest BCUT2D eigenvalue weighted by Gasteiger charge is -2.55. The Bertz CT molecular complexity index is 871. The fourth-order valence-electron chi connectivity index (χ4n) is 7.50. The first kappa shape index (κ1) is 22.0. The molecule has 5 saturated carbocycles. The maximum Gasteiger partial charge on any atom is 0.226 e. The van der Waals surface area contributed by atoms with Gasteiger partial charge in [-0.1, -0.05) is 37.2 Å². The quantitative estimate of drug-likeness (QED) is 0.493. The van der Waals surface area contributed by atoms with Crippen LogP contribution in [0.1, 0.15) is 83.1 Å². The number of amidine groups is 1. The van der Waals surface area contributed by atoms with E-state index in [1.165, 1.54) is 74.9 Å². The third-order valence-corrected chi connectivity index (χ3v) is 9.89. The van der Waals surface area contributed by atoms with Crippen molar-refractivity contribution in [2.45, 2.75) is 102 Å². The standard InChI is InChI=1S/C28H39N3OS/c1-2-3-4-19-5-7-23(8-6-19)29-26(32)14-25-18-33-27(31(25)24-9-10-24)30-28-15-20-11-21(16-28)13-22(12-20)17-28/h5-8,20-22,24-25H,2-4,9-18H2,1H3,(H,29,32). The van der Waals surface area contributed by atoms with E-state index in [0.717, 1.165) is 35.6 Å². The smallest absolute Gasteiger partial charge is 0.226 e. The van der Waals surface area contributed by atoms with Gasteiger partial charge in [-0.2, -0.15) is 0 Å². The van der Waals surface area contributed by atoms with Crippen molar-refractivity contribution in [3.8, 4) is 0 Å². The summed E-state index contributed by atoms with van der Waals surface area (Å²) in [7, 11) is 0. The van der Waals surface area contributed by atoms with Gasteiger partial charge < -0.3 is 10.2 Å². The Labute approximate surface area is 203 Å². The summed E-state index contributed by atoms with van der Waals surface area (Å²) >= 11 is 1.93. The van der Waals surface area contributed by atoms with Gasteiger partial charge in [-0.15, -0.1) is 0 Å². The number of thioether (sulfide) groups is 1. The minimum Gasteiger partial charge on any atom is -0.344 e. The van der Waals surface area contributed by atoms with E-state index in [1.807, 2.05) is 11.8 Å². The summed E-state index contributed by atoms with van der Waals surface area (Å²) in [6, 6.07) is 9.34. The topological polar surface area (TPSA) is 44.7 Å². The molecule has 0 spiro atoms. The zero-order valence-corrected chi connectivity index (χ0v) is 20.9. The van der Waals surface area contributed by atoms with Gasteiger partial charge in [0.25, 0.3) is 0 Å². The van der Waals surface area contributed by atoms with Crippen molar-refractivity contribution in [3.63, 3.8) is 0 Å². The van der Waals surface area contributed by atoms with E-state index in [4.69, 9.17) is 4.99 Å². The molecule has 33 heavy (non-hydrogen) atoms. The number of nitrogens with zero attached hydrogens (tertiary/aromatic N) is 2. The molecule has 1 saturated heterocycles. The lowest BCUT2D eigenvalue weighted by Crippen LogP contribution is -2.50. The van der Waals surface area contributed by atoms with Crippen molar-refractivity contribution >= 4 is 28.5 Å². The maximum atomic E-state index is 12.9. The molecular weight excluding hydrogens is 426 g/mol. The van der Waals surface area contributed by atoms with Crippen molar-refractivity contribution in [2.75, 3.05) is 11.1 Å². The van der Waals surface area contributed by atoms with Gasteiger partial charge >= 0.3 is 0 Å². The molecule has 1 amide bonds. The van der Waals surface area contributed by atoms with Crippen molar-refractivity contribution in [3.05, 3.63) is 29.8 Å². The van der Waals surface area contributed by atoms with Crippen LogP contribution in [0.2, 0.25) is 0 Å².